The van der Waals surface area contributed by atoms with Crippen molar-refractivity contribution in [3.8, 4) is 11.3 Å². The fraction of sp³-hybridized carbons (Fsp3) is 0.565. The van der Waals surface area contributed by atoms with Crippen molar-refractivity contribution in [2.45, 2.75) is 51.2 Å². The molecule has 8 nitrogen and oxygen atoms in total. The van der Waals surface area contributed by atoms with Gasteiger partial charge in [-0.15, -0.1) is 0 Å². The maximum Gasteiger partial charge on any atom is 0.243 e. The van der Waals surface area contributed by atoms with E-state index < -0.39 is 0 Å². The monoisotopic (exact) mass is 423 g/mol. The molecule has 0 radical (unpaired) electrons. The van der Waals surface area contributed by atoms with Crippen LogP contribution in [0.4, 0.5) is 0 Å². The topological polar surface area (TPSA) is 91.6 Å². The zero-order valence-electron chi connectivity index (χ0n) is 17.9. The molecule has 5 rings (SSSR count). The van der Waals surface area contributed by atoms with Crippen molar-refractivity contribution >= 4 is 11.8 Å². The van der Waals surface area contributed by atoms with E-state index in [0.29, 0.717) is 25.4 Å². The Labute approximate surface area is 182 Å². The van der Waals surface area contributed by atoms with Gasteiger partial charge in [-0.05, 0) is 44.2 Å². The number of nitrogens with one attached hydrogen (secondary N) is 1. The highest BCUT2D eigenvalue weighted by Crippen LogP contribution is 2.42. The van der Waals surface area contributed by atoms with Gasteiger partial charge < -0.3 is 14.7 Å². The Morgan fingerprint density at radius 2 is 2.19 bits per heavy atom. The second kappa shape index (κ2) is 8.42. The molecule has 0 aliphatic carbocycles. The van der Waals surface area contributed by atoms with E-state index in [1.807, 2.05) is 30.0 Å². The van der Waals surface area contributed by atoms with Gasteiger partial charge in [0.1, 0.15) is 11.7 Å². The number of amides is 2. The molecule has 0 unspecified atom stereocenters. The quantitative estimate of drug-likeness (QED) is 0.792. The molecule has 3 aliphatic heterocycles. The third-order valence-electron chi connectivity index (χ3n) is 6.93. The predicted molar refractivity (Wildman–Crippen MR) is 114 cm³/mol. The molecule has 3 saturated heterocycles. The number of rotatable bonds is 5. The molecule has 4 atom stereocenters. The van der Waals surface area contributed by atoms with Gasteiger partial charge in [-0.1, -0.05) is 5.16 Å². The van der Waals surface area contributed by atoms with E-state index in [9.17, 15) is 9.59 Å². The van der Waals surface area contributed by atoms with Gasteiger partial charge in [0.15, 0.2) is 5.76 Å². The van der Waals surface area contributed by atoms with Crippen molar-refractivity contribution in [1.29, 1.82) is 0 Å². The van der Waals surface area contributed by atoms with Gasteiger partial charge in [-0.3, -0.25) is 19.5 Å². The SMILES string of the molecule is CCNC(=O)[C@H]1[C@@H]2C[C@@H](CN(Cc3cc(-c4cccnc4)no3)C2)[C@@H]2CCCC(=O)N21. The summed E-state index contributed by atoms with van der Waals surface area (Å²) in [5.41, 5.74) is 1.71. The Morgan fingerprint density at radius 1 is 1.32 bits per heavy atom. The van der Waals surface area contributed by atoms with Gasteiger partial charge in [0, 0.05) is 62.0 Å². The average Bonchev–Trinajstić information content (AvgIpc) is 3.24. The number of aromatic nitrogens is 2. The molecule has 2 bridgehead atoms. The average molecular weight is 424 g/mol. The smallest absolute Gasteiger partial charge is 0.243 e. The van der Waals surface area contributed by atoms with Crippen LogP contribution in [-0.4, -0.2) is 63.5 Å². The molecular weight excluding hydrogens is 394 g/mol. The minimum atomic E-state index is -0.363. The Balaban J connectivity index is 1.35. The number of hydrogen-bond donors (Lipinski definition) is 1. The van der Waals surface area contributed by atoms with Gasteiger partial charge >= 0.3 is 0 Å². The Kier molecular flexibility index (Phi) is 5.48. The fourth-order valence-corrected chi connectivity index (χ4v) is 5.76. The third kappa shape index (κ3) is 3.84. The lowest BCUT2D eigenvalue weighted by molar-refractivity contribution is -0.160. The largest absolute Gasteiger partial charge is 0.359 e. The van der Waals surface area contributed by atoms with Gasteiger partial charge in [0.05, 0.1) is 6.54 Å². The predicted octanol–water partition coefficient (Wildman–Crippen LogP) is 2.07. The van der Waals surface area contributed by atoms with Crippen LogP contribution in [0, 0.1) is 11.8 Å². The normalized spacial score (nSPS) is 28.3. The van der Waals surface area contributed by atoms with Gasteiger partial charge in [0.2, 0.25) is 11.8 Å². The number of likely N-dealkylation sites (N-methyl/N-ethyl adjacent to an activating group) is 1. The first-order valence-electron chi connectivity index (χ1n) is 11.3. The Hall–Kier alpha value is -2.74. The van der Waals surface area contributed by atoms with Crippen molar-refractivity contribution in [3.63, 3.8) is 0 Å². The van der Waals surface area contributed by atoms with E-state index in [1.165, 1.54) is 0 Å². The lowest BCUT2D eigenvalue weighted by Crippen LogP contribution is -2.68. The van der Waals surface area contributed by atoms with Crippen LogP contribution in [0.25, 0.3) is 11.3 Å². The molecule has 2 amide bonds. The standard InChI is InChI=1S/C23H29N5O3/c1-2-25-23(30)22-17-9-16(20-6-3-7-21(29)28(20)22)12-27(13-17)14-18-10-19(26-31-18)15-5-4-8-24-11-15/h4-5,8,10-11,16-17,20,22H,2-3,6-7,9,12-14H2,1H3,(H,25,30)/t16-,17+,20-,22+/m0/s1. The van der Waals surface area contributed by atoms with E-state index in [0.717, 1.165) is 49.4 Å². The number of nitrogens with zero attached hydrogens (tertiary/aromatic N) is 4. The van der Waals surface area contributed by atoms with Crippen molar-refractivity contribution in [2.24, 2.45) is 11.8 Å². The van der Waals surface area contributed by atoms with E-state index in [2.05, 4.69) is 20.4 Å². The van der Waals surface area contributed by atoms with E-state index in [-0.39, 0.29) is 29.8 Å². The van der Waals surface area contributed by atoms with E-state index in [1.54, 1.807) is 12.4 Å². The Bertz CT molecular complexity index is 946. The molecular formula is C23H29N5O3. The first-order chi connectivity index (χ1) is 15.1. The van der Waals surface area contributed by atoms with Crippen molar-refractivity contribution in [3.05, 3.63) is 36.4 Å². The zero-order chi connectivity index (χ0) is 21.4. The number of likely N-dealkylation sites (tertiary alicyclic amines) is 1. The highest BCUT2D eigenvalue weighted by Gasteiger charge is 2.51. The molecule has 31 heavy (non-hydrogen) atoms. The lowest BCUT2D eigenvalue weighted by Gasteiger charge is -2.55. The number of pyridine rings is 1. The first kappa shape index (κ1) is 20.2. The molecule has 3 fully saturated rings. The van der Waals surface area contributed by atoms with Crippen molar-refractivity contribution < 1.29 is 14.1 Å². The van der Waals surface area contributed by atoms with Crippen LogP contribution in [0.1, 0.15) is 38.4 Å². The third-order valence-corrected chi connectivity index (χ3v) is 6.93. The number of carbonyl (C=O) groups is 2. The van der Waals surface area contributed by atoms with Gasteiger partial charge in [0.25, 0.3) is 0 Å². The van der Waals surface area contributed by atoms with Crippen LogP contribution in [0.5, 0.6) is 0 Å². The summed E-state index contributed by atoms with van der Waals surface area (Å²) in [4.78, 5) is 34.2. The summed E-state index contributed by atoms with van der Waals surface area (Å²) >= 11 is 0. The van der Waals surface area contributed by atoms with Gasteiger partial charge in [-0.2, -0.15) is 0 Å². The molecule has 1 N–H and O–H groups in total. The van der Waals surface area contributed by atoms with Crippen molar-refractivity contribution in [1.82, 2.24) is 25.3 Å². The second-order valence-electron chi connectivity index (χ2n) is 8.97. The summed E-state index contributed by atoms with van der Waals surface area (Å²) in [6, 6.07) is 5.62. The highest BCUT2D eigenvalue weighted by molar-refractivity contribution is 5.89. The van der Waals surface area contributed by atoms with Crippen molar-refractivity contribution in [2.75, 3.05) is 19.6 Å². The summed E-state index contributed by atoms with van der Waals surface area (Å²) < 4.78 is 5.62. The Morgan fingerprint density at radius 3 is 3.00 bits per heavy atom. The minimum Gasteiger partial charge on any atom is -0.359 e. The molecule has 0 aromatic carbocycles. The van der Waals surface area contributed by atoms with Crippen LogP contribution in [-0.2, 0) is 16.1 Å². The molecule has 3 aliphatic rings. The van der Waals surface area contributed by atoms with Crippen LogP contribution < -0.4 is 5.32 Å². The second-order valence-corrected chi connectivity index (χ2v) is 8.97. The summed E-state index contributed by atoms with van der Waals surface area (Å²) in [6.45, 7) is 4.85. The van der Waals surface area contributed by atoms with Crippen LogP contribution in [0.15, 0.2) is 35.1 Å². The molecule has 2 aromatic rings. The van der Waals surface area contributed by atoms with E-state index in [4.69, 9.17) is 4.52 Å². The molecule has 2 aromatic heterocycles. The van der Waals surface area contributed by atoms with Gasteiger partial charge in [-0.25, -0.2) is 0 Å². The maximum atomic E-state index is 13.0. The lowest BCUT2D eigenvalue weighted by atomic mass is 9.71. The summed E-state index contributed by atoms with van der Waals surface area (Å²) in [7, 11) is 0. The molecule has 5 heterocycles. The first-order valence-corrected chi connectivity index (χ1v) is 11.3. The summed E-state index contributed by atoms with van der Waals surface area (Å²) in [5, 5.41) is 7.18. The summed E-state index contributed by atoms with van der Waals surface area (Å²) in [5.74, 6) is 1.49. The highest BCUT2D eigenvalue weighted by atomic mass is 16.5. The minimum absolute atomic E-state index is 0.00780. The van der Waals surface area contributed by atoms with Crippen LogP contribution in [0.2, 0.25) is 0 Å². The summed E-state index contributed by atoms with van der Waals surface area (Å²) in [6.07, 6.45) is 6.98. The molecule has 8 heteroatoms. The molecule has 164 valence electrons. The van der Waals surface area contributed by atoms with Crippen LogP contribution >= 0.6 is 0 Å². The van der Waals surface area contributed by atoms with Crippen LogP contribution in [0.3, 0.4) is 0 Å². The fourth-order valence-electron chi connectivity index (χ4n) is 5.76. The maximum absolute atomic E-state index is 13.0. The van der Waals surface area contributed by atoms with E-state index >= 15 is 0 Å². The molecule has 0 saturated carbocycles. The zero-order valence-corrected chi connectivity index (χ0v) is 17.9. The number of fused-ring (bicyclic) bond motifs is 4. The molecule has 0 spiro atoms. The number of hydrogen-bond acceptors (Lipinski definition) is 6. The number of carbonyl (C=O) groups excluding carboxylic acids is 2. The number of piperidine rings is 3.